The van der Waals surface area contributed by atoms with Crippen molar-refractivity contribution in [1.29, 1.82) is 0 Å². The smallest absolute Gasteiger partial charge is 0.192 e. The van der Waals surface area contributed by atoms with Gasteiger partial charge in [0.15, 0.2) is 11.0 Å². The molecule has 6 heteroatoms. The summed E-state index contributed by atoms with van der Waals surface area (Å²) in [4.78, 5) is 0. The molecule has 0 unspecified atom stereocenters. The van der Waals surface area contributed by atoms with Crippen LogP contribution in [0.25, 0.3) is 11.4 Å². The van der Waals surface area contributed by atoms with Crippen LogP contribution in [-0.4, -0.2) is 14.8 Å². The summed E-state index contributed by atoms with van der Waals surface area (Å²) in [5.41, 5.74) is 1.38. The number of benzene rings is 2. The Morgan fingerprint density at radius 3 is 2.50 bits per heavy atom. The molecule has 3 rings (SSSR count). The summed E-state index contributed by atoms with van der Waals surface area (Å²) in [6.07, 6.45) is 1.74. The van der Waals surface area contributed by atoms with Crippen molar-refractivity contribution in [2.45, 2.75) is 17.5 Å². The van der Waals surface area contributed by atoms with Gasteiger partial charge in [0.2, 0.25) is 0 Å². The van der Waals surface area contributed by atoms with Crippen LogP contribution >= 0.6 is 11.8 Å². The molecule has 0 aliphatic carbocycles. The molecule has 0 saturated heterocycles. The van der Waals surface area contributed by atoms with E-state index < -0.39 is 0 Å². The summed E-state index contributed by atoms with van der Waals surface area (Å²) < 4.78 is 28.7. The summed E-state index contributed by atoms with van der Waals surface area (Å²) in [7, 11) is 0. The number of hydrogen-bond acceptors (Lipinski definition) is 3. The Kier molecular flexibility index (Phi) is 5.05. The summed E-state index contributed by atoms with van der Waals surface area (Å²) in [6, 6.07) is 12.7. The molecule has 0 fully saturated rings. The lowest BCUT2D eigenvalue weighted by molar-refractivity contribution is 0.617. The number of aromatic nitrogens is 3. The molecule has 0 N–H and O–H groups in total. The number of allylic oxidation sites excluding steroid dienone is 1. The topological polar surface area (TPSA) is 30.7 Å². The van der Waals surface area contributed by atoms with Gasteiger partial charge in [-0.15, -0.1) is 16.8 Å². The number of thioether (sulfide) groups is 1. The van der Waals surface area contributed by atoms with E-state index in [1.165, 1.54) is 30.0 Å². The van der Waals surface area contributed by atoms with Crippen LogP contribution in [0.15, 0.2) is 66.3 Å². The van der Waals surface area contributed by atoms with Crippen molar-refractivity contribution in [3.8, 4) is 11.4 Å². The van der Waals surface area contributed by atoms with Gasteiger partial charge in [-0.1, -0.05) is 36.0 Å². The largest absolute Gasteiger partial charge is 0.298 e. The molecule has 1 heterocycles. The third-order valence-electron chi connectivity index (χ3n) is 3.45. The predicted octanol–water partition coefficient (Wildman–Crippen LogP) is 4.70. The van der Waals surface area contributed by atoms with E-state index in [-0.39, 0.29) is 11.6 Å². The average molecular weight is 343 g/mol. The van der Waals surface area contributed by atoms with Crippen molar-refractivity contribution in [3.63, 3.8) is 0 Å². The molecule has 1 aromatic heterocycles. The lowest BCUT2D eigenvalue weighted by Gasteiger charge is -2.08. The third-order valence-corrected chi connectivity index (χ3v) is 4.46. The first-order valence-electron chi connectivity index (χ1n) is 7.35. The van der Waals surface area contributed by atoms with Gasteiger partial charge < -0.3 is 0 Å². The highest BCUT2D eigenvalue weighted by atomic mass is 32.2. The SMILES string of the molecule is C=CCn1c(SCc2ccccc2F)nnc1-c1ccc(F)cc1. The first kappa shape index (κ1) is 16.4. The lowest BCUT2D eigenvalue weighted by atomic mass is 10.2. The second-order valence-electron chi connectivity index (χ2n) is 5.09. The molecule has 0 spiro atoms. The van der Waals surface area contributed by atoms with E-state index in [0.29, 0.717) is 28.8 Å². The van der Waals surface area contributed by atoms with Gasteiger partial charge in [-0.05, 0) is 35.9 Å². The Hall–Kier alpha value is -2.47. The molecule has 0 amide bonds. The number of hydrogen-bond donors (Lipinski definition) is 0. The van der Waals surface area contributed by atoms with Gasteiger partial charge in [-0.2, -0.15) is 0 Å². The van der Waals surface area contributed by atoms with Crippen LogP contribution in [0.3, 0.4) is 0 Å². The standard InChI is InChI=1S/C18H15F2N3S/c1-2-11-23-17(13-7-9-15(19)10-8-13)21-22-18(23)24-12-14-5-3-4-6-16(14)20/h2-10H,1,11-12H2. The van der Waals surface area contributed by atoms with E-state index in [1.54, 1.807) is 36.4 Å². The van der Waals surface area contributed by atoms with E-state index >= 15 is 0 Å². The first-order chi connectivity index (χ1) is 11.7. The Morgan fingerprint density at radius 2 is 1.79 bits per heavy atom. The van der Waals surface area contributed by atoms with Crippen LogP contribution in [0.5, 0.6) is 0 Å². The van der Waals surface area contributed by atoms with Crippen LogP contribution in [-0.2, 0) is 12.3 Å². The van der Waals surface area contributed by atoms with Gasteiger partial charge in [0, 0.05) is 17.9 Å². The number of rotatable bonds is 6. The summed E-state index contributed by atoms with van der Waals surface area (Å²) in [5, 5.41) is 9.05. The Balaban J connectivity index is 1.87. The molecule has 3 nitrogen and oxygen atoms in total. The van der Waals surface area contributed by atoms with Crippen LogP contribution in [0.1, 0.15) is 5.56 Å². The van der Waals surface area contributed by atoms with Crippen LogP contribution in [0.2, 0.25) is 0 Å². The maximum atomic E-state index is 13.7. The molecule has 0 saturated carbocycles. The van der Waals surface area contributed by atoms with E-state index in [2.05, 4.69) is 16.8 Å². The highest BCUT2D eigenvalue weighted by molar-refractivity contribution is 7.98. The minimum Gasteiger partial charge on any atom is -0.298 e. The average Bonchev–Trinajstić information content (AvgIpc) is 2.98. The van der Waals surface area contributed by atoms with E-state index in [0.717, 1.165) is 5.56 Å². The molecule has 0 bridgehead atoms. The van der Waals surface area contributed by atoms with Crippen molar-refractivity contribution >= 4 is 11.8 Å². The Morgan fingerprint density at radius 1 is 1.04 bits per heavy atom. The zero-order chi connectivity index (χ0) is 16.9. The quantitative estimate of drug-likeness (QED) is 0.480. The molecule has 3 aromatic rings. The lowest BCUT2D eigenvalue weighted by Crippen LogP contribution is -2.01. The van der Waals surface area contributed by atoms with Gasteiger partial charge in [0.05, 0.1) is 0 Å². The molecule has 0 atom stereocenters. The molecule has 0 radical (unpaired) electrons. The third kappa shape index (κ3) is 3.54. The Bertz CT molecular complexity index is 844. The first-order valence-corrected chi connectivity index (χ1v) is 8.34. The van der Waals surface area contributed by atoms with Gasteiger partial charge in [-0.3, -0.25) is 4.57 Å². The second-order valence-corrected chi connectivity index (χ2v) is 6.03. The summed E-state index contributed by atoms with van der Waals surface area (Å²) in [6.45, 7) is 4.27. The fourth-order valence-corrected chi connectivity index (χ4v) is 3.19. The molecular weight excluding hydrogens is 328 g/mol. The fourth-order valence-electron chi connectivity index (χ4n) is 2.26. The summed E-state index contributed by atoms with van der Waals surface area (Å²) >= 11 is 1.40. The predicted molar refractivity (Wildman–Crippen MR) is 91.6 cm³/mol. The maximum Gasteiger partial charge on any atom is 0.192 e. The van der Waals surface area contributed by atoms with Crippen molar-refractivity contribution in [2.75, 3.05) is 0 Å². The van der Waals surface area contributed by atoms with Gasteiger partial charge in [0.1, 0.15) is 11.6 Å². The number of halogens is 2. The Labute approximate surface area is 143 Å². The zero-order valence-corrected chi connectivity index (χ0v) is 13.6. The zero-order valence-electron chi connectivity index (χ0n) is 12.8. The van der Waals surface area contributed by atoms with Gasteiger partial charge in [0.25, 0.3) is 0 Å². The normalized spacial score (nSPS) is 10.8. The molecule has 0 aliphatic rings. The molecule has 24 heavy (non-hydrogen) atoms. The van der Waals surface area contributed by atoms with Crippen LogP contribution < -0.4 is 0 Å². The second kappa shape index (κ2) is 7.40. The van der Waals surface area contributed by atoms with Crippen LogP contribution in [0.4, 0.5) is 8.78 Å². The van der Waals surface area contributed by atoms with Crippen molar-refractivity contribution in [3.05, 3.63) is 78.4 Å². The van der Waals surface area contributed by atoms with Crippen molar-refractivity contribution in [1.82, 2.24) is 14.8 Å². The molecular formula is C18H15F2N3S. The van der Waals surface area contributed by atoms with Crippen molar-refractivity contribution < 1.29 is 8.78 Å². The molecule has 2 aromatic carbocycles. The minimum absolute atomic E-state index is 0.237. The maximum absolute atomic E-state index is 13.7. The van der Waals surface area contributed by atoms with Crippen LogP contribution in [0, 0.1) is 11.6 Å². The van der Waals surface area contributed by atoms with Crippen molar-refractivity contribution in [2.24, 2.45) is 0 Å². The van der Waals surface area contributed by atoms with Gasteiger partial charge in [-0.25, -0.2) is 8.78 Å². The number of nitrogens with zero attached hydrogens (tertiary/aromatic N) is 3. The highest BCUT2D eigenvalue weighted by Gasteiger charge is 2.14. The summed E-state index contributed by atoms with van der Waals surface area (Å²) in [5.74, 6) is 0.540. The van der Waals surface area contributed by atoms with E-state index in [9.17, 15) is 8.78 Å². The minimum atomic E-state index is -0.303. The fraction of sp³-hybridized carbons (Fsp3) is 0.111. The van der Waals surface area contributed by atoms with Gasteiger partial charge >= 0.3 is 0 Å². The monoisotopic (exact) mass is 343 g/mol. The van der Waals surface area contributed by atoms with E-state index in [1.807, 2.05) is 4.57 Å². The molecule has 0 aliphatic heterocycles. The van der Waals surface area contributed by atoms with E-state index in [4.69, 9.17) is 0 Å². The molecule has 122 valence electrons. The highest BCUT2D eigenvalue weighted by Crippen LogP contribution is 2.27.